The maximum Gasteiger partial charge on any atom is 0.314 e. The number of carbonyl (C=O) groups excluding carboxylic acids is 1. The van der Waals surface area contributed by atoms with Gasteiger partial charge in [-0.25, -0.2) is 8.42 Å². The van der Waals surface area contributed by atoms with E-state index in [1.54, 1.807) is 48.5 Å². The highest BCUT2D eigenvalue weighted by Gasteiger charge is 2.31. The van der Waals surface area contributed by atoms with Gasteiger partial charge in [0.1, 0.15) is 16.7 Å². The third kappa shape index (κ3) is 3.95. The molecule has 0 saturated heterocycles. The van der Waals surface area contributed by atoms with Crippen LogP contribution in [0.3, 0.4) is 0 Å². The van der Waals surface area contributed by atoms with Crippen molar-refractivity contribution in [2.45, 2.75) is 17.7 Å². The van der Waals surface area contributed by atoms with E-state index in [0.717, 1.165) is 12.8 Å². The lowest BCUT2D eigenvalue weighted by Crippen LogP contribution is -2.09. The minimum Gasteiger partial charge on any atom is -0.426 e. The van der Waals surface area contributed by atoms with Crippen molar-refractivity contribution in [1.29, 1.82) is 5.26 Å². The van der Waals surface area contributed by atoms with Crippen LogP contribution in [0.15, 0.2) is 64.4 Å². The number of benzene rings is 2. The van der Waals surface area contributed by atoms with Crippen molar-refractivity contribution < 1.29 is 17.9 Å². The third-order valence-electron chi connectivity index (χ3n) is 3.76. The Hall–Kier alpha value is -2.91. The molecular weight excluding hydrogens is 338 g/mol. The molecule has 6 heteroatoms. The van der Waals surface area contributed by atoms with Crippen LogP contribution in [-0.4, -0.2) is 14.4 Å². The van der Waals surface area contributed by atoms with E-state index in [1.165, 1.54) is 18.2 Å². The summed E-state index contributed by atoms with van der Waals surface area (Å²) in [6, 6.07) is 15.9. The third-order valence-corrected chi connectivity index (χ3v) is 5.44. The maximum atomic E-state index is 12.5. The summed E-state index contributed by atoms with van der Waals surface area (Å²) in [4.78, 5) is 11.3. The molecule has 0 spiro atoms. The van der Waals surface area contributed by atoms with Gasteiger partial charge in [0.15, 0.2) is 0 Å². The standard InChI is InChI=1S/C19H15NO4S/c20-13-18(25(22,23)17-4-2-1-3-5-17)12-14-6-10-16(11-7-14)24-19(21)15-8-9-15/h1-7,10-12,15H,8-9H2. The van der Waals surface area contributed by atoms with Gasteiger partial charge in [0.2, 0.25) is 9.84 Å². The predicted octanol–water partition coefficient (Wildman–Crippen LogP) is 3.34. The van der Waals surface area contributed by atoms with Crippen LogP contribution in [0.1, 0.15) is 18.4 Å². The SMILES string of the molecule is N#CC(=Cc1ccc(OC(=O)C2CC2)cc1)S(=O)(=O)c1ccccc1. The zero-order valence-electron chi connectivity index (χ0n) is 13.3. The van der Waals surface area contributed by atoms with Crippen molar-refractivity contribution >= 4 is 21.9 Å². The summed E-state index contributed by atoms with van der Waals surface area (Å²) in [5.41, 5.74) is 0.530. The molecule has 0 heterocycles. The molecule has 0 aliphatic heterocycles. The van der Waals surface area contributed by atoms with Gasteiger partial charge >= 0.3 is 5.97 Å². The molecule has 2 aromatic rings. The number of ether oxygens (including phenoxy) is 1. The summed E-state index contributed by atoms with van der Waals surface area (Å²) in [5, 5.41) is 9.26. The van der Waals surface area contributed by atoms with Crippen molar-refractivity contribution in [3.05, 3.63) is 65.1 Å². The second-order valence-electron chi connectivity index (χ2n) is 5.70. The molecule has 0 bridgehead atoms. The number of nitrogens with zero attached hydrogens (tertiary/aromatic N) is 1. The van der Waals surface area contributed by atoms with E-state index in [4.69, 9.17) is 4.74 Å². The van der Waals surface area contributed by atoms with Crippen LogP contribution >= 0.6 is 0 Å². The smallest absolute Gasteiger partial charge is 0.314 e. The molecule has 1 saturated carbocycles. The molecule has 0 atom stereocenters. The fourth-order valence-corrected chi connectivity index (χ4v) is 3.38. The van der Waals surface area contributed by atoms with Gasteiger partial charge in [-0.05, 0) is 48.7 Å². The predicted molar refractivity (Wildman–Crippen MR) is 92.0 cm³/mol. The number of sulfone groups is 1. The van der Waals surface area contributed by atoms with Crippen molar-refractivity contribution in [3.8, 4) is 11.8 Å². The van der Waals surface area contributed by atoms with E-state index < -0.39 is 9.84 Å². The highest BCUT2D eigenvalue weighted by atomic mass is 32.2. The minimum atomic E-state index is -3.87. The van der Waals surface area contributed by atoms with Crippen LogP contribution in [0.5, 0.6) is 5.75 Å². The largest absolute Gasteiger partial charge is 0.426 e. The Morgan fingerprint density at radius 3 is 2.28 bits per heavy atom. The first-order valence-corrected chi connectivity index (χ1v) is 9.23. The quantitative estimate of drug-likeness (QED) is 0.468. The van der Waals surface area contributed by atoms with Crippen LogP contribution in [-0.2, 0) is 14.6 Å². The first kappa shape index (κ1) is 16.9. The highest BCUT2D eigenvalue weighted by molar-refractivity contribution is 7.95. The highest BCUT2D eigenvalue weighted by Crippen LogP contribution is 2.31. The molecule has 0 amide bonds. The summed E-state index contributed by atoms with van der Waals surface area (Å²) >= 11 is 0. The number of esters is 1. The van der Waals surface area contributed by atoms with Crippen molar-refractivity contribution in [2.75, 3.05) is 0 Å². The fourth-order valence-electron chi connectivity index (χ4n) is 2.20. The van der Waals surface area contributed by atoms with E-state index in [2.05, 4.69) is 0 Å². The number of carbonyl (C=O) groups is 1. The number of allylic oxidation sites excluding steroid dienone is 1. The number of hydrogen-bond acceptors (Lipinski definition) is 5. The molecule has 1 aliphatic carbocycles. The zero-order valence-corrected chi connectivity index (χ0v) is 14.1. The van der Waals surface area contributed by atoms with Gasteiger partial charge in [-0.1, -0.05) is 30.3 Å². The zero-order chi connectivity index (χ0) is 17.9. The maximum absolute atomic E-state index is 12.5. The molecule has 2 aromatic carbocycles. The molecular formula is C19H15NO4S. The fraction of sp³-hybridized carbons (Fsp3) is 0.158. The van der Waals surface area contributed by atoms with E-state index in [-0.39, 0.29) is 21.7 Å². The molecule has 0 N–H and O–H groups in total. The van der Waals surface area contributed by atoms with Crippen LogP contribution < -0.4 is 4.74 Å². The van der Waals surface area contributed by atoms with Gasteiger partial charge in [0.25, 0.3) is 0 Å². The van der Waals surface area contributed by atoms with Crippen molar-refractivity contribution in [3.63, 3.8) is 0 Å². The Kier molecular flexibility index (Phi) is 4.68. The van der Waals surface area contributed by atoms with E-state index in [0.29, 0.717) is 11.3 Å². The average Bonchev–Trinajstić information content (AvgIpc) is 3.47. The molecule has 0 radical (unpaired) electrons. The minimum absolute atomic E-state index is 0.000722. The summed E-state index contributed by atoms with van der Waals surface area (Å²) in [6.45, 7) is 0. The van der Waals surface area contributed by atoms with Gasteiger partial charge in [0.05, 0.1) is 10.8 Å². The van der Waals surface area contributed by atoms with Gasteiger partial charge in [-0.15, -0.1) is 0 Å². The lowest BCUT2D eigenvalue weighted by Gasteiger charge is -2.05. The average molecular weight is 353 g/mol. The molecule has 1 aliphatic rings. The van der Waals surface area contributed by atoms with Crippen LogP contribution in [0.2, 0.25) is 0 Å². The summed E-state index contributed by atoms with van der Waals surface area (Å²) < 4.78 is 30.2. The summed E-state index contributed by atoms with van der Waals surface area (Å²) in [7, 11) is -3.87. The molecule has 3 rings (SSSR count). The van der Waals surface area contributed by atoms with E-state index in [9.17, 15) is 18.5 Å². The Morgan fingerprint density at radius 2 is 1.72 bits per heavy atom. The van der Waals surface area contributed by atoms with Gasteiger partial charge < -0.3 is 4.74 Å². The van der Waals surface area contributed by atoms with Crippen molar-refractivity contribution in [1.82, 2.24) is 0 Å². The summed E-state index contributed by atoms with van der Waals surface area (Å²) in [6.07, 6.45) is 3.03. The Morgan fingerprint density at radius 1 is 1.08 bits per heavy atom. The molecule has 1 fully saturated rings. The normalized spacial score (nSPS) is 14.6. The molecule has 0 unspecified atom stereocenters. The number of hydrogen-bond donors (Lipinski definition) is 0. The molecule has 5 nitrogen and oxygen atoms in total. The number of rotatable bonds is 5. The number of nitriles is 1. The first-order valence-electron chi connectivity index (χ1n) is 7.74. The second kappa shape index (κ2) is 6.91. The molecule has 0 aromatic heterocycles. The second-order valence-corrected chi connectivity index (χ2v) is 7.62. The van der Waals surface area contributed by atoms with Gasteiger partial charge in [0, 0.05) is 0 Å². The van der Waals surface area contributed by atoms with E-state index >= 15 is 0 Å². The Labute approximate surface area is 146 Å². The van der Waals surface area contributed by atoms with Gasteiger partial charge in [-0.2, -0.15) is 5.26 Å². The Bertz CT molecular complexity index is 951. The topological polar surface area (TPSA) is 84.2 Å². The molecule has 25 heavy (non-hydrogen) atoms. The van der Waals surface area contributed by atoms with Crippen LogP contribution in [0.25, 0.3) is 6.08 Å². The lowest BCUT2D eigenvalue weighted by molar-refractivity contribution is -0.135. The van der Waals surface area contributed by atoms with Crippen LogP contribution in [0, 0.1) is 17.2 Å². The van der Waals surface area contributed by atoms with Crippen LogP contribution in [0.4, 0.5) is 0 Å². The monoisotopic (exact) mass is 353 g/mol. The molecule has 126 valence electrons. The Balaban J connectivity index is 1.82. The van der Waals surface area contributed by atoms with Gasteiger partial charge in [-0.3, -0.25) is 4.79 Å². The van der Waals surface area contributed by atoms with E-state index in [1.807, 2.05) is 0 Å². The van der Waals surface area contributed by atoms with Crippen molar-refractivity contribution in [2.24, 2.45) is 5.92 Å². The lowest BCUT2D eigenvalue weighted by atomic mass is 10.2. The first-order chi connectivity index (χ1) is 12.0. The summed E-state index contributed by atoms with van der Waals surface area (Å²) in [5.74, 6) is 0.159.